The smallest absolute Gasteiger partial charge is 0.272 e. The topological polar surface area (TPSA) is 95.7 Å². The van der Waals surface area contributed by atoms with Crippen LogP contribution in [0.1, 0.15) is 52.4 Å². The Balaban J connectivity index is 2.06. The number of hydrogen-bond acceptors (Lipinski definition) is 4. The number of nitrogens with one attached hydrogen (secondary N) is 1. The van der Waals surface area contributed by atoms with Crippen LogP contribution in [0.4, 0.5) is 5.69 Å². The first-order valence-corrected chi connectivity index (χ1v) is 9.52. The van der Waals surface area contributed by atoms with Gasteiger partial charge in [-0.25, -0.2) is 10.9 Å². The second-order valence-electron chi connectivity index (χ2n) is 7.57. The molecule has 2 amide bonds. The van der Waals surface area contributed by atoms with E-state index < -0.39 is 18.1 Å². The van der Waals surface area contributed by atoms with Gasteiger partial charge < -0.3 is 10.4 Å². The fourth-order valence-corrected chi connectivity index (χ4v) is 3.47. The SMILES string of the molecule is CC(C)C[C@H](NC(=O)C1CCCCC1)C(O)C(=O)N(N)c1ccccc1. The fourth-order valence-electron chi connectivity index (χ4n) is 3.47. The molecule has 1 saturated carbocycles. The van der Waals surface area contributed by atoms with Crippen LogP contribution in [0.5, 0.6) is 0 Å². The molecule has 2 atom stereocenters. The Morgan fingerprint density at radius 1 is 1.19 bits per heavy atom. The van der Waals surface area contributed by atoms with Gasteiger partial charge in [0.15, 0.2) is 6.10 Å². The van der Waals surface area contributed by atoms with E-state index in [9.17, 15) is 14.7 Å². The molecule has 0 aromatic heterocycles. The lowest BCUT2D eigenvalue weighted by Crippen LogP contribution is -2.55. The van der Waals surface area contributed by atoms with Crippen LogP contribution in [-0.2, 0) is 9.59 Å². The summed E-state index contributed by atoms with van der Waals surface area (Å²) < 4.78 is 0. The van der Waals surface area contributed by atoms with Crippen molar-refractivity contribution in [1.82, 2.24) is 5.32 Å². The molecule has 1 aromatic rings. The predicted octanol–water partition coefficient (Wildman–Crippen LogP) is 2.37. The highest BCUT2D eigenvalue weighted by atomic mass is 16.3. The average Bonchev–Trinajstić information content (AvgIpc) is 2.66. The molecule has 0 saturated heterocycles. The van der Waals surface area contributed by atoms with Crippen LogP contribution in [0, 0.1) is 11.8 Å². The third-order valence-corrected chi connectivity index (χ3v) is 4.93. The summed E-state index contributed by atoms with van der Waals surface area (Å²) in [7, 11) is 0. The molecule has 0 spiro atoms. The lowest BCUT2D eigenvalue weighted by atomic mass is 9.88. The Hall–Kier alpha value is -1.92. The highest BCUT2D eigenvalue weighted by Gasteiger charge is 2.33. The van der Waals surface area contributed by atoms with Gasteiger partial charge in [-0.15, -0.1) is 0 Å². The van der Waals surface area contributed by atoms with Gasteiger partial charge in [0.2, 0.25) is 5.91 Å². The van der Waals surface area contributed by atoms with E-state index >= 15 is 0 Å². The third kappa shape index (κ3) is 5.54. The van der Waals surface area contributed by atoms with Crippen molar-refractivity contribution in [1.29, 1.82) is 0 Å². The minimum Gasteiger partial charge on any atom is -0.381 e. The number of anilines is 1. The van der Waals surface area contributed by atoms with Crippen LogP contribution in [0.2, 0.25) is 0 Å². The van der Waals surface area contributed by atoms with Gasteiger partial charge in [-0.1, -0.05) is 51.3 Å². The number of carbonyl (C=O) groups excluding carboxylic acids is 2. The van der Waals surface area contributed by atoms with Gasteiger partial charge in [0.1, 0.15) is 0 Å². The zero-order chi connectivity index (χ0) is 19.1. The molecule has 1 fully saturated rings. The Morgan fingerprint density at radius 2 is 1.81 bits per heavy atom. The van der Waals surface area contributed by atoms with Crippen molar-refractivity contribution in [3.05, 3.63) is 30.3 Å². The van der Waals surface area contributed by atoms with Gasteiger partial charge in [-0.2, -0.15) is 0 Å². The number of aliphatic hydroxyl groups is 1. The summed E-state index contributed by atoms with van der Waals surface area (Å²) in [5.74, 6) is 5.40. The molecule has 6 nitrogen and oxygen atoms in total. The number of nitrogens with two attached hydrogens (primary N) is 1. The summed E-state index contributed by atoms with van der Waals surface area (Å²) in [6.07, 6.45) is 4.15. The van der Waals surface area contributed by atoms with Crippen molar-refractivity contribution in [2.75, 3.05) is 5.01 Å². The standard InChI is InChI=1S/C20H31N3O3/c1-14(2)13-17(22-19(25)15-9-5-3-6-10-15)18(24)20(26)23(21)16-11-7-4-8-12-16/h4,7-8,11-12,14-15,17-18,24H,3,5-6,9-10,13,21H2,1-2H3,(H,22,25)/t17-,18?/m0/s1. The number of benzene rings is 1. The largest absolute Gasteiger partial charge is 0.381 e. The monoisotopic (exact) mass is 361 g/mol. The summed E-state index contributed by atoms with van der Waals surface area (Å²) in [4.78, 5) is 25.2. The number of aliphatic hydroxyl groups excluding tert-OH is 1. The lowest BCUT2D eigenvalue weighted by molar-refractivity contribution is -0.132. The Morgan fingerprint density at radius 3 is 2.38 bits per heavy atom. The molecule has 0 aliphatic heterocycles. The van der Waals surface area contributed by atoms with Crippen molar-refractivity contribution < 1.29 is 14.7 Å². The molecule has 0 bridgehead atoms. The number of hydrazine groups is 1. The number of rotatable bonds is 7. The second kappa shape index (κ2) is 9.69. The number of nitrogens with zero attached hydrogens (tertiary/aromatic N) is 1. The van der Waals surface area contributed by atoms with Gasteiger partial charge in [0, 0.05) is 5.92 Å². The fraction of sp³-hybridized carbons (Fsp3) is 0.600. The van der Waals surface area contributed by atoms with E-state index in [0.717, 1.165) is 30.7 Å². The number of hydrogen-bond donors (Lipinski definition) is 3. The first-order valence-electron chi connectivity index (χ1n) is 9.52. The maximum absolute atomic E-state index is 12.6. The molecule has 0 radical (unpaired) electrons. The van der Waals surface area contributed by atoms with Gasteiger partial charge in [0.25, 0.3) is 5.91 Å². The highest BCUT2D eigenvalue weighted by molar-refractivity contribution is 5.96. The molecule has 2 rings (SSSR count). The van der Waals surface area contributed by atoms with Crippen LogP contribution in [0.15, 0.2) is 30.3 Å². The molecule has 4 N–H and O–H groups in total. The van der Waals surface area contributed by atoms with Gasteiger partial charge in [-0.3, -0.25) is 9.59 Å². The Bertz CT molecular complexity index is 585. The van der Waals surface area contributed by atoms with Crippen LogP contribution < -0.4 is 16.2 Å². The van der Waals surface area contributed by atoms with E-state index in [1.165, 1.54) is 6.42 Å². The van der Waals surface area contributed by atoms with Crippen LogP contribution in [0.3, 0.4) is 0 Å². The van der Waals surface area contributed by atoms with Crippen molar-refractivity contribution in [3.63, 3.8) is 0 Å². The van der Waals surface area contributed by atoms with Crippen LogP contribution >= 0.6 is 0 Å². The molecule has 1 aliphatic rings. The van der Waals surface area contributed by atoms with Crippen molar-refractivity contribution in [3.8, 4) is 0 Å². The molecular weight excluding hydrogens is 330 g/mol. The molecule has 0 heterocycles. The van der Waals surface area contributed by atoms with E-state index in [-0.39, 0.29) is 17.7 Å². The Kier molecular flexibility index (Phi) is 7.60. The average molecular weight is 361 g/mol. The van der Waals surface area contributed by atoms with E-state index in [2.05, 4.69) is 5.32 Å². The number of carbonyl (C=O) groups is 2. The zero-order valence-corrected chi connectivity index (χ0v) is 15.7. The summed E-state index contributed by atoms with van der Waals surface area (Å²) >= 11 is 0. The molecule has 6 heteroatoms. The summed E-state index contributed by atoms with van der Waals surface area (Å²) in [6.45, 7) is 3.99. The third-order valence-electron chi connectivity index (χ3n) is 4.93. The van der Waals surface area contributed by atoms with Crippen molar-refractivity contribution in [2.45, 2.75) is 64.5 Å². The maximum atomic E-state index is 12.6. The number of para-hydroxylation sites is 1. The molecule has 1 aliphatic carbocycles. The quantitative estimate of drug-likeness (QED) is 0.395. The second-order valence-corrected chi connectivity index (χ2v) is 7.57. The number of amides is 2. The Labute approximate surface area is 155 Å². The van der Waals surface area contributed by atoms with Gasteiger partial charge in [0.05, 0.1) is 11.7 Å². The molecular formula is C20H31N3O3. The lowest BCUT2D eigenvalue weighted by Gasteiger charge is -2.30. The first kappa shape index (κ1) is 20.4. The predicted molar refractivity (Wildman–Crippen MR) is 102 cm³/mol. The summed E-state index contributed by atoms with van der Waals surface area (Å²) in [5.41, 5.74) is 0.499. The summed E-state index contributed by atoms with van der Waals surface area (Å²) in [6, 6.07) is 8.11. The molecule has 1 aromatic carbocycles. The van der Waals surface area contributed by atoms with Crippen molar-refractivity contribution in [2.24, 2.45) is 17.7 Å². The normalized spacial score (nSPS) is 17.6. The molecule has 1 unspecified atom stereocenters. The molecule has 144 valence electrons. The highest BCUT2D eigenvalue weighted by Crippen LogP contribution is 2.24. The summed E-state index contributed by atoms with van der Waals surface area (Å²) in [5, 5.41) is 14.5. The van der Waals surface area contributed by atoms with Gasteiger partial charge >= 0.3 is 0 Å². The minimum absolute atomic E-state index is 0.0242. The van der Waals surface area contributed by atoms with Gasteiger partial charge in [-0.05, 0) is 37.3 Å². The van der Waals surface area contributed by atoms with E-state index in [0.29, 0.717) is 12.1 Å². The molecule has 26 heavy (non-hydrogen) atoms. The van der Waals surface area contributed by atoms with E-state index in [4.69, 9.17) is 5.84 Å². The van der Waals surface area contributed by atoms with Crippen molar-refractivity contribution >= 4 is 17.5 Å². The van der Waals surface area contributed by atoms with Crippen LogP contribution in [-0.4, -0.2) is 29.1 Å². The maximum Gasteiger partial charge on any atom is 0.272 e. The van der Waals surface area contributed by atoms with Crippen LogP contribution in [0.25, 0.3) is 0 Å². The first-order chi connectivity index (χ1) is 12.4. The van der Waals surface area contributed by atoms with E-state index in [1.54, 1.807) is 24.3 Å². The minimum atomic E-state index is -1.38. The zero-order valence-electron chi connectivity index (χ0n) is 15.7. The van der Waals surface area contributed by atoms with E-state index in [1.807, 2.05) is 19.9 Å².